The highest BCUT2D eigenvalue weighted by atomic mass is 19.3. The van der Waals surface area contributed by atoms with Crippen LogP contribution in [0.4, 0.5) is 20.2 Å². The molecule has 2 aliphatic rings. The molecule has 1 aromatic rings. The number of ether oxygens (including phenoxy) is 1. The van der Waals surface area contributed by atoms with Crippen LogP contribution in [0.15, 0.2) is 24.3 Å². The predicted molar refractivity (Wildman–Crippen MR) is 101 cm³/mol. The third-order valence-corrected chi connectivity index (χ3v) is 4.96. The van der Waals surface area contributed by atoms with E-state index < -0.39 is 24.9 Å². The zero-order chi connectivity index (χ0) is 20.1. The standard InChI is InChI=1S/C19H26F2N4O3/c20-17(21)11-24(10-13-1-2-13)16(9-22)19(27)23-14-3-5-15(6-4-14)25-7-8-28-12-18(25)26/h3-6,13,16-17H,1-2,7-12,22H2,(H,23,27)/t16-/m0/s1. The summed E-state index contributed by atoms with van der Waals surface area (Å²) in [5, 5.41) is 2.75. The van der Waals surface area contributed by atoms with E-state index in [4.69, 9.17) is 10.5 Å². The van der Waals surface area contributed by atoms with Crippen LogP contribution in [0.5, 0.6) is 0 Å². The smallest absolute Gasteiger partial charge is 0.253 e. The molecule has 0 bridgehead atoms. The van der Waals surface area contributed by atoms with Crippen LogP contribution in [0, 0.1) is 5.92 Å². The molecule has 1 aliphatic carbocycles. The molecule has 9 heteroatoms. The molecule has 1 saturated heterocycles. The number of rotatable bonds is 9. The van der Waals surface area contributed by atoms with Crippen molar-refractivity contribution in [1.29, 1.82) is 0 Å². The SMILES string of the molecule is NC[C@@H](C(=O)Nc1ccc(N2CCOCC2=O)cc1)N(CC(F)F)CC1CC1. The second-order valence-corrected chi connectivity index (χ2v) is 7.17. The molecule has 0 aromatic heterocycles. The van der Waals surface area contributed by atoms with Crippen molar-refractivity contribution in [2.24, 2.45) is 11.7 Å². The van der Waals surface area contributed by atoms with Crippen LogP contribution in [-0.2, 0) is 14.3 Å². The van der Waals surface area contributed by atoms with Crippen molar-refractivity contribution >= 4 is 23.2 Å². The molecule has 1 aromatic carbocycles. The van der Waals surface area contributed by atoms with Gasteiger partial charge in [0.25, 0.3) is 12.3 Å². The average Bonchev–Trinajstić information content (AvgIpc) is 3.47. The number of hydrogen-bond donors (Lipinski definition) is 2. The third-order valence-electron chi connectivity index (χ3n) is 4.96. The van der Waals surface area contributed by atoms with Gasteiger partial charge in [-0.05, 0) is 43.0 Å². The fourth-order valence-electron chi connectivity index (χ4n) is 3.30. The van der Waals surface area contributed by atoms with Crippen molar-refractivity contribution in [3.63, 3.8) is 0 Å². The van der Waals surface area contributed by atoms with E-state index in [1.54, 1.807) is 29.2 Å². The zero-order valence-corrected chi connectivity index (χ0v) is 15.7. The first-order valence-electron chi connectivity index (χ1n) is 9.49. The lowest BCUT2D eigenvalue weighted by Gasteiger charge is -2.30. The molecule has 3 N–H and O–H groups in total. The Morgan fingerprint density at radius 2 is 2.04 bits per heavy atom. The highest BCUT2D eigenvalue weighted by Crippen LogP contribution is 2.30. The summed E-state index contributed by atoms with van der Waals surface area (Å²) in [5.74, 6) is -0.154. The number of hydrogen-bond acceptors (Lipinski definition) is 5. The maximum Gasteiger partial charge on any atom is 0.253 e. The van der Waals surface area contributed by atoms with Crippen molar-refractivity contribution < 1.29 is 23.1 Å². The van der Waals surface area contributed by atoms with Crippen molar-refractivity contribution in [3.05, 3.63) is 24.3 Å². The minimum Gasteiger partial charge on any atom is -0.370 e. The van der Waals surface area contributed by atoms with Crippen LogP contribution in [0.3, 0.4) is 0 Å². The summed E-state index contributed by atoms with van der Waals surface area (Å²) in [7, 11) is 0. The van der Waals surface area contributed by atoms with Crippen LogP contribution in [-0.4, -0.2) is 68.6 Å². The Labute approximate surface area is 162 Å². The van der Waals surface area contributed by atoms with Gasteiger partial charge in [0.05, 0.1) is 13.2 Å². The van der Waals surface area contributed by atoms with Crippen LogP contribution in [0.25, 0.3) is 0 Å². The first-order valence-corrected chi connectivity index (χ1v) is 9.49. The number of nitrogens with two attached hydrogens (primary N) is 1. The first kappa shape index (κ1) is 20.6. The third kappa shape index (κ3) is 5.46. The summed E-state index contributed by atoms with van der Waals surface area (Å²) in [6, 6.07) is 6.02. The number of morpholine rings is 1. The van der Waals surface area contributed by atoms with Gasteiger partial charge in [-0.25, -0.2) is 8.78 Å². The molecule has 1 saturated carbocycles. The Morgan fingerprint density at radius 1 is 1.32 bits per heavy atom. The molecule has 7 nitrogen and oxygen atoms in total. The van der Waals surface area contributed by atoms with Gasteiger partial charge in [0, 0.05) is 31.0 Å². The summed E-state index contributed by atoms with van der Waals surface area (Å²) in [4.78, 5) is 27.6. The molecule has 0 spiro atoms. The molecule has 1 heterocycles. The van der Waals surface area contributed by atoms with Crippen molar-refractivity contribution in [2.45, 2.75) is 25.3 Å². The Morgan fingerprint density at radius 3 is 2.61 bits per heavy atom. The maximum atomic E-state index is 12.9. The monoisotopic (exact) mass is 396 g/mol. The Hall–Kier alpha value is -2.10. The molecular weight excluding hydrogens is 370 g/mol. The van der Waals surface area contributed by atoms with Gasteiger partial charge in [-0.2, -0.15) is 0 Å². The minimum atomic E-state index is -2.52. The summed E-state index contributed by atoms with van der Waals surface area (Å²) in [6.45, 7) is 0.956. The van der Waals surface area contributed by atoms with Crippen molar-refractivity contribution in [1.82, 2.24) is 4.90 Å². The fraction of sp³-hybridized carbons (Fsp3) is 0.579. The van der Waals surface area contributed by atoms with Gasteiger partial charge in [0.2, 0.25) is 5.91 Å². The van der Waals surface area contributed by atoms with Gasteiger partial charge in [-0.3, -0.25) is 14.5 Å². The molecule has 1 atom stereocenters. The topological polar surface area (TPSA) is 87.9 Å². The second kappa shape index (κ2) is 9.40. The number of nitrogens with zero attached hydrogens (tertiary/aromatic N) is 2. The summed E-state index contributed by atoms with van der Waals surface area (Å²) >= 11 is 0. The van der Waals surface area contributed by atoms with E-state index in [2.05, 4.69) is 5.32 Å². The Balaban J connectivity index is 1.63. The number of amides is 2. The molecule has 2 amide bonds. The number of alkyl halides is 2. The number of nitrogens with one attached hydrogen (secondary N) is 1. The van der Waals surface area contributed by atoms with Crippen LogP contribution < -0.4 is 16.0 Å². The lowest BCUT2D eigenvalue weighted by atomic mass is 10.2. The zero-order valence-electron chi connectivity index (χ0n) is 15.7. The maximum absolute atomic E-state index is 12.9. The molecule has 2 fully saturated rings. The highest BCUT2D eigenvalue weighted by Gasteiger charge is 2.32. The quantitative estimate of drug-likeness (QED) is 0.657. The average molecular weight is 396 g/mol. The van der Waals surface area contributed by atoms with Gasteiger partial charge in [-0.1, -0.05) is 0 Å². The highest BCUT2D eigenvalue weighted by molar-refractivity contribution is 5.97. The van der Waals surface area contributed by atoms with E-state index in [1.807, 2.05) is 0 Å². The lowest BCUT2D eigenvalue weighted by molar-refractivity contribution is -0.125. The molecule has 1 aliphatic heterocycles. The van der Waals surface area contributed by atoms with Gasteiger partial charge in [0.15, 0.2) is 0 Å². The number of anilines is 2. The van der Waals surface area contributed by atoms with E-state index in [0.717, 1.165) is 18.5 Å². The summed E-state index contributed by atoms with van der Waals surface area (Å²) in [6.07, 6.45) is -0.522. The second-order valence-electron chi connectivity index (χ2n) is 7.17. The van der Waals surface area contributed by atoms with Crippen LogP contribution in [0.1, 0.15) is 12.8 Å². The lowest BCUT2D eigenvalue weighted by Crippen LogP contribution is -2.51. The van der Waals surface area contributed by atoms with Gasteiger partial charge < -0.3 is 20.7 Å². The van der Waals surface area contributed by atoms with E-state index >= 15 is 0 Å². The summed E-state index contributed by atoms with van der Waals surface area (Å²) < 4.78 is 31.0. The number of carbonyl (C=O) groups is 2. The largest absolute Gasteiger partial charge is 0.370 e. The Bertz CT molecular complexity index is 678. The van der Waals surface area contributed by atoms with Gasteiger partial charge in [0.1, 0.15) is 12.6 Å². The Kier molecular flexibility index (Phi) is 6.93. The first-order chi connectivity index (χ1) is 13.5. The van der Waals surface area contributed by atoms with Gasteiger partial charge >= 0.3 is 0 Å². The van der Waals surface area contributed by atoms with Gasteiger partial charge in [-0.15, -0.1) is 0 Å². The number of benzene rings is 1. The molecule has 0 radical (unpaired) electrons. The minimum absolute atomic E-state index is 0.0361. The molecule has 0 unspecified atom stereocenters. The van der Waals surface area contributed by atoms with E-state index in [-0.39, 0.29) is 19.1 Å². The fourth-order valence-corrected chi connectivity index (χ4v) is 3.30. The van der Waals surface area contributed by atoms with Crippen LogP contribution in [0.2, 0.25) is 0 Å². The van der Waals surface area contributed by atoms with Crippen LogP contribution >= 0.6 is 0 Å². The summed E-state index contributed by atoms with van der Waals surface area (Å²) in [5.41, 5.74) is 6.98. The number of halogens is 2. The van der Waals surface area contributed by atoms with Crippen molar-refractivity contribution in [2.75, 3.05) is 49.6 Å². The van der Waals surface area contributed by atoms with E-state index in [9.17, 15) is 18.4 Å². The van der Waals surface area contributed by atoms with E-state index in [0.29, 0.717) is 31.3 Å². The number of carbonyl (C=O) groups excluding carboxylic acids is 2. The molecule has 154 valence electrons. The van der Waals surface area contributed by atoms with E-state index in [1.165, 1.54) is 4.90 Å². The molecular formula is C19H26F2N4O3. The molecule has 28 heavy (non-hydrogen) atoms. The normalized spacial score (nSPS) is 18.6. The predicted octanol–water partition coefficient (Wildman–Crippen LogP) is 1.29. The molecule has 3 rings (SSSR count). The van der Waals surface area contributed by atoms with Crippen molar-refractivity contribution in [3.8, 4) is 0 Å².